The Hall–Kier alpha value is -3.48. The molecule has 4 rings (SSSR count). The van der Waals surface area contributed by atoms with E-state index in [-0.39, 0.29) is 11.7 Å². The van der Waals surface area contributed by atoms with Gasteiger partial charge in [-0.1, -0.05) is 17.7 Å². The molecule has 1 aromatic heterocycles. The van der Waals surface area contributed by atoms with Crippen molar-refractivity contribution in [3.05, 3.63) is 77.2 Å². The van der Waals surface area contributed by atoms with Gasteiger partial charge in [-0.25, -0.2) is 14.1 Å². The molecule has 2 heterocycles. The van der Waals surface area contributed by atoms with E-state index in [0.29, 0.717) is 41.7 Å². The van der Waals surface area contributed by atoms with Crippen molar-refractivity contribution in [1.29, 1.82) is 0 Å². The molecule has 2 aromatic carbocycles. The summed E-state index contributed by atoms with van der Waals surface area (Å²) in [6.07, 6.45) is 1.58. The molecule has 3 aromatic rings. The van der Waals surface area contributed by atoms with Gasteiger partial charge >= 0.3 is 0 Å². The van der Waals surface area contributed by atoms with Crippen molar-refractivity contribution in [3.8, 4) is 5.69 Å². The molecule has 0 saturated heterocycles. The average molecular weight is 364 g/mol. The maximum Gasteiger partial charge on any atom is 0.256 e. The Morgan fingerprint density at radius 3 is 2.56 bits per heavy atom. The number of amides is 1. The van der Waals surface area contributed by atoms with Crippen molar-refractivity contribution in [2.75, 3.05) is 18.5 Å². The fraction of sp³-hybridized carbons (Fsp3) is 0.150. The number of rotatable bonds is 4. The third-order valence-corrected chi connectivity index (χ3v) is 4.20. The normalized spacial score (nSPS) is 13.2. The highest BCUT2D eigenvalue weighted by molar-refractivity contribution is 6.08. The molecule has 0 radical (unpaired) electrons. The minimum Gasteiger partial charge on any atom is -0.475 e. The van der Waals surface area contributed by atoms with Crippen LogP contribution in [0.5, 0.6) is 0 Å². The van der Waals surface area contributed by atoms with Crippen molar-refractivity contribution in [3.63, 3.8) is 0 Å². The summed E-state index contributed by atoms with van der Waals surface area (Å²) < 4.78 is 20.3. The fourth-order valence-electron chi connectivity index (χ4n) is 2.79. The zero-order valence-corrected chi connectivity index (χ0v) is 14.6. The first-order chi connectivity index (χ1) is 13.1. The summed E-state index contributed by atoms with van der Waals surface area (Å²) in [6.45, 7) is 3.00. The van der Waals surface area contributed by atoms with Crippen LogP contribution in [0.4, 0.5) is 10.2 Å². The van der Waals surface area contributed by atoms with Gasteiger partial charge in [0.2, 0.25) is 5.90 Å². The van der Waals surface area contributed by atoms with Crippen LogP contribution in [-0.2, 0) is 4.74 Å². The van der Waals surface area contributed by atoms with Gasteiger partial charge in [0.25, 0.3) is 5.91 Å². The third-order valence-electron chi connectivity index (χ3n) is 4.20. The third kappa shape index (κ3) is 3.44. The van der Waals surface area contributed by atoms with E-state index in [1.807, 2.05) is 19.1 Å². The van der Waals surface area contributed by atoms with E-state index in [0.717, 1.165) is 5.56 Å². The molecule has 1 amide bonds. The average Bonchev–Trinajstić information content (AvgIpc) is 3.33. The van der Waals surface area contributed by atoms with Crippen LogP contribution >= 0.6 is 0 Å². The van der Waals surface area contributed by atoms with Crippen molar-refractivity contribution >= 4 is 17.6 Å². The molecular weight excluding hydrogens is 347 g/mol. The van der Waals surface area contributed by atoms with Gasteiger partial charge in [-0.2, -0.15) is 5.10 Å². The van der Waals surface area contributed by atoms with Crippen LogP contribution in [0.2, 0.25) is 0 Å². The number of hydrogen-bond acceptors (Lipinski definition) is 4. The number of hydrogen-bond donors (Lipinski definition) is 1. The Kier molecular flexibility index (Phi) is 4.42. The number of ether oxygens (including phenoxy) is 1. The van der Waals surface area contributed by atoms with Gasteiger partial charge in [-0.15, -0.1) is 0 Å². The maximum absolute atomic E-state index is 13.3. The number of aromatic nitrogens is 2. The molecule has 0 spiro atoms. The quantitative estimate of drug-likeness (QED) is 0.772. The number of anilines is 1. The SMILES string of the molecule is Cc1ccc(C(=O)Nc2c(C3=NCCO3)cnn2-c2ccc(F)cc2)cc1. The van der Waals surface area contributed by atoms with Gasteiger partial charge in [-0.3, -0.25) is 4.79 Å². The zero-order valence-electron chi connectivity index (χ0n) is 14.6. The highest BCUT2D eigenvalue weighted by Gasteiger charge is 2.22. The van der Waals surface area contributed by atoms with Crippen LogP contribution < -0.4 is 5.32 Å². The Balaban J connectivity index is 1.74. The molecule has 0 aliphatic carbocycles. The first-order valence-corrected chi connectivity index (χ1v) is 8.51. The first-order valence-electron chi connectivity index (χ1n) is 8.51. The Morgan fingerprint density at radius 2 is 1.89 bits per heavy atom. The highest BCUT2D eigenvalue weighted by atomic mass is 19.1. The van der Waals surface area contributed by atoms with E-state index < -0.39 is 0 Å². The maximum atomic E-state index is 13.3. The van der Waals surface area contributed by atoms with Crippen LogP contribution in [0.25, 0.3) is 5.69 Å². The molecule has 1 aliphatic heterocycles. The van der Waals surface area contributed by atoms with E-state index in [9.17, 15) is 9.18 Å². The van der Waals surface area contributed by atoms with Crippen LogP contribution in [-0.4, -0.2) is 34.7 Å². The predicted octanol–water partition coefficient (Wildman–Crippen LogP) is 3.35. The first kappa shape index (κ1) is 17.0. The fourth-order valence-corrected chi connectivity index (χ4v) is 2.79. The molecule has 27 heavy (non-hydrogen) atoms. The topological polar surface area (TPSA) is 68.5 Å². The Morgan fingerprint density at radius 1 is 1.15 bits per heavy atom. The summed E-state index contributed by atoms with van der Waals surface area (Å²) in [6, 6.07) is 13.1. The summed E-state index contributed by atoms with van der Waals surface area (Å²) in [7, 11) is 0. The number of carbonyl (C=O) groups excluding carboxylic acids is 1. The molecule has 7 heteroatoms. The van der Waals surface area contributed by atoms with Crippen LogP contribution in [0.3, 0.4) is 0 Å². The molecule has 136 valence electrons. The van der Waals surface area contributed by atoms with Gasteiger partial charge < -0.3 is 10.1 Å². The molecular formula is C20H17FN4O2. The molecule has 1 N–H and O–H groups in total. The second-order valence-corrected chi connectivity index (χ2v) is 6.15. The summed E-state index contributed by atoms with van der Waals surface area (Å²) in [5.74, 6) is 0.231. The van der Waals surface area contributed by atoms with E-state index in [4.69, 9.17) is 4.74 Å². The number of aryl methyl sites for hydroxylation is 1. The summed E-state index contributed by atoms with van der Waals surface area (Å²) in [5, 5.41) is 7.23. The number of nitrogens with one attached hydrogen (secondary N) is 1. The lowest BCUT2D eigenvalue weighted by Gasteiger charge is -2.11. The summed E-state index contributed by atoms with van der Waals surface area (Å²) >= 11 is 0. The van der Waals surface area contributed by atoms with Crippen LogP contribution in [0.15, 0.2) is 59.7 Å². The lowest BCUT2D eigenvalue weighted by atomic mass is 10.1. The second kappa shape index (κ2) is 7.03. The van der Waals surface area contributed by atoms with Gasteiger partial charge in [0.15, 0.2) is 0 Å². The van der Waals surface area contributed by atoms with E-state index in [1.165, 1.54) is 16.8 Å². The lowest BCUT2D eigenvalue weighted by molar-refractivity contribution is 0.102. The number of halogens is 1. The molecule has 0 bridgehead atoms. The smallest absolute Gasteiger partial charge is 0.256 e. The monoisotopic (exact) mass is 364 g/mol. The van der Waals surface area contributed by atoms with Gasteiger partial charge in [0.05, 0.1) is 24.0 Å². The number of nitrogens with zero attached hydrogens (tertiary/aromatic N) is 3. The Bertz CT molecular complexity index is 1010. The zero-order chi connectivity index (χ0) is 18.8. The van der Waals surface area contributed by atoms with E-state index in [2.05, 4.69) is 15.4 Å². The largest absolute Gasteiger partial charge is 0.475 e. The molecule has 0 fully saturated rings. The van der Waals surface area contributed by atoms with Crippen LogP contribution in [0, 0.1) is 12.7 Å². The summed E-state index contributed by atoms with van der Waals surface area (Å²) in [5.41, 5.74) is 2.78. The van der Waals surface area contributed by atoms with Crippen molar-refractivity contribution in [1.82, 2.24) is 9.78 Å². The van der Waals surface area contributed by atoms with Crippen molar-refractivity contribution in [2.24, 2.45) is 4.99 Å². The van der Waals surface area contributed by atoms with Gasteiger partial charge in [0.1, 0.15) is 18.2 Å². The molecule has 0 saturated carbocycles. The highest BCUT2D eigenvalue weighted by Crippen LogP contribution is 2.24. The standard InChI is InChI=1S/C20H17FN4O2/c1-13-2-4-14(5-3-13)19(26)24-18-17(20-22-10-11-27-20)12-23-25(18)16-8-6-15(21)7-9-16/h2-9,12H,10-11H2,1H3,(H,24,26). The van der Waals surface area contributed by atoms with Crippen molar-refractivity contribution < 1.29 is 13.9 Å². The lowest BCUT2D eigenvalue weighted by Crippen LogP contribution is -2.17. The number of carbonyl (C=O) groups is 1. The Labute approximate surface area is 155 Å². The van der Waals surface area contributed by atoms with E-state index >= 15 is 0 Å². The summed E-state index contributed by atoms with van der Waals surface area (Å²) in [4.78, 5) is 17.0. The second-order valence-electron chi connectivity index (χ2n) is 6.15. The van der Waals surface area contributed by atoms with Gasteiger partial charge in [-0.05, 0) is 43.3 Å². The number of aliphatic imine (C=N–C) groups is 1. The van der Waals surface area contributed by atoms with Gasteiger partial charge in [0, 0.05) is 5.56 Å². The minimum atomic E-state index is -0.347. The molecule has 6 nitrogen and oxygen atoms in total. The van der Waals surface area contributed by atoms with Crippen molar-refractivity contribution in [2.45, 2.75) is 6.92 Å². The predicted molar refractivity (Wildman–Crippen MR) is 100 cm³/mol. The number of benzene rings is 2. The van der Waals surface area contributed by atoms with Crippen LogP contribution in [0.1, 0.15) is 21.5 Å². The molecule has 0 atom stereocenters. The molecule has 0 unspecified atom stereocenters. The molecule has 1 aliphatic rings. The minimum absolute atomic E-state index is 0.279. The van der Waals surface area contributed by atoms with E-state index in [1.54, 1.807) is 30.5 Å².